The minimum atomic E-state index is -0.505. The lowest BCUT2D eigenvalue weighted by Crippen LogP contribution is -2.13. The molecule has 0 aliphatic carbocycles. The van der Waals surface area contributed by atoms with Gasteiger partial charge in [0.2, 0.25) is 0 Å². The van der Waals surface area contributed by atoms with Gasteiger partial charge in [0.05, 0.1) is 11.3 Å². The Hall–Kier alpha value is -3.48. The number of nitrogens with one attached hydrogen (secondary N) is 2. The van der Waals surface area contributed by atoms with Crippen molar-refractivity contribution in [2.24, 2.45) is 5.73 Å². The SMILES string of the molecule is Cc1cccnc1Nc1cc(Nc2ccccc2C(N)=O)ncn1. The summed E-state index contributed by atoms with van der Waals surface area (Å²) in [5, 5.41) is 6.22. The summed E-state index contributed by atoms with van der Waals surface area (Å²) in [5.74, 6) is 1.34. The molecule has 7 heteroatoms. The van der Waals surface area contributed by atoms with Crippen molar-refractivity contribution in [2.75, 3.05) is 10.6 Å². The second kappa shape index (κ2) is 6.74. The average Bonchev–Trinajstić information content (AvgIpc) is 2.58. The summed E-state index contributed by atoms with van der Waals surface area (Å²) < 4.78 is 0. The number of anilines is 4. The van der Waals surface area contributed by atoms with Gasteiger partial charge in [-0.25, -0.2) is 15.0 Å². The molecule has 2 heterocycles. The third-order valence-corrected chi connectivity index (χ3v) is 3.38. The van der Waals surface area contributed by atoms with Gasteiger partial charge in [-0.2, -0.15) is 0 Å². The molecule has 1 amide bonds. The number of aromatic nitrogens is 3. The van der Waals surface area contributed by atoms with Crippen LogP contribution in [0.2, 0.25) is 0 Å². The summed E-state index contributed by atoms with van der Waals surface area (Å²) in [6.07, 6.45) is 3.13. The minimum absolute atomic E-state index is 0.395. The number of carbonyl (C=O) groups excluding carboxylic acids is 1. The smallest absolute Gasteiger partial charge is 0.250 e. The van der Waals surface area contributed by atoms with Gasteiger partial charge >= 0.3 is 0 Å². The monoisotopic (exact) mass is 320 g/mol. The number of nitrogens with two attached hydrogens (primary N) is 1. The molecule has 0 aliphatic rings. The molecule has 0 bridgehead atoms. The van der Waals surface area contributed by atoms with Crippen LogP contribution in [0.15, 0.2) is 55.0 Å². The molecule has 3 aromatic rings. The van der Waals surface area contributed by atoms with Crippen molar-refractivity contribution in [3.05, 3.63) is 66.1 Å². The Morgan fingerprint density at radius 1 is 1.00 bits per heavy atom. The van der Waals surface area contributed by atoms with Crippen LogP contribution in [-0.2, 0) is 0 Å². The van der Waals surface area contributed by atoms with Crippen molar-refractivity contribution in [1.82, 2.24) is 15.0 Å². The van der Waals surface area contributed by atoms with E-state index in [1.54, 1.807) is 30.5 Å². The molecule has 0 radical (unpaired) electrons. The predicted octanol–water partition coefficient (Wildman–Crippen LogP) is 2.77. The number of aryl methyl sites for hydroxylation is 1. The Kier molecular flexibility index (Phi) is 4.33. The summed E-state index contributed by atoms with van der Waals surface area (Å²) >= 11 is 0. The summed E-state index contributed by atoms with van der Waals surface area (Å²) in [7, 11) is 0. The van der Waals surface area contributed by atoms with E-state index in [2.05, 4.69) is 25.6 Å². The molecule has 0 atom stereocenters. The number of pyridine rings is 1. The zero-order valence-electron chi connectivity index (χ0n) is 13.0. The number of rotatable bonds is 5. The molecule has 24 heavy (non-hydrogen) atoms. The van der Waals surface area contributed by atoms with Crippen molar-refractivity contribution in [1.29, 1.82) is 0 Å². The number of nitrogens with zero attached hydrogens (tertiary/aromatic N) is 3. The molecule has 0 fully saturated rings. The minimum Gasteiger partial charge on any atom is -0.366 e. The maximum atomic E-state index is 11.5. The first-order valence-electron chi connectivity index (χ1n) is 7.30. The third kappa shape index (κ3) is 3.46. The molecule has 7 nitrogen and oxygen atoms in total. The maximum Gasteiger partial charge on any atom is 0.250 e. The van der Waals surface area contributed by atoms with Gasteiger partial charge in [0.15, 0.2) is 0 Å². The average molecular weight is 320 g/mol. The van der Waals surface area contributed by atoms with Crippen molar-refractivity contribution in [3.8, 4) is 0 Å². The molecule has 0 saturated carbocycles. The number of hydrogen-bond acceptors (Lipinski definition) is 6. The fraction of sp³-hybridized carbons (Fsp3) is 0.0588. The number of hydrogen-bond donors (Lipinski definition) is 3. The Morgan fingerprint density at radius 2 is 1.75 bits per heavy atom. The highest BCUT2D eigenvalue weighted by atomic mass is 16.1. The first-order chi connectivity index (χ1) is 11.6. The largest absolute Gasteiger partial charge is 0.366 e. The highest BCUT2D eigenvalue weighted by Gasteiger charge is 2.08. The van der Waals surface area contributed by atoms with Crippen molar-refractivity contribution in [2.45, 2.75) is 6.92 Å². The standard InChI is InChI=1S/C17H16N6O/c1-11-5-4-8-19-17(11)23-15-9-14(20-10-21-15)22-13-7-3-2-6-12(13)16(18)24/h2-10H,1H3,(H2,18,24)(H2,19,20,21,22,23). The first-order valence-corrected chi connectivity index (χ1v) is 7.30. The van der Waals surface area contributed by atoms with Crippen LogP contribution in [0.1, 0.15) is 15.9 Å². The van der Waals surface area contributed by atoms with Gasteiger partial charge in [-0.15, -0.1) is 0 Å². The summed E-state index contributed by atoms with van der Waals surface area (Å²) in [4.78, 5) is 24.1. The highest BCUT2D eigenvalue weighted by Crippen LogP contribution is 2.22. The van der Waals surface area contributed by atoms with E-state index < -0.39 is 5.91 Å². The van der Waals surface area contributed by atoms with Gasteiger partial charge in [0, 0.05) is 12.3 Å². The first kappa shape index (κ1) is 15.4. The van der Waals surface area contributed by atoms with E-state index in [0.29, 0.717) is 22.9 Å². The highest BCUT2D eigenvalue weighted by molar-refractivity contribution is 5.99. The fourth-order valence-electron chi connectivity index (χ4n) is 2.18. The molecule has 3 rings (SSSR count). The Balaban J connectivity index is 1.84. The van der Waals surface area contributed by atoms with Gasteiger partial charge < -0.3 is 16.4 Å². The van der Waals surface area contributed by atoms with E-state index in [9.17, 15) is 4.79 Å². The van der Waals surface area contributed by atoms with E-state index in [-0.39, 0.29) is 0 Å². The summed E-state index contributed by atoms with van der Waals surface area (Å²) in [6.45, 7) is 1.96. The van der Waals surface area contributed by atoms with Gasteiger partial charge in [0.25, 0.3) is 5.91 Å². The molecule has 1 aromatic carbocycles. The maximum absolute atomic E-state index is 11.5. The lowest BCUT2D eigenvalue weighted by atomic mass is 10.1. The Morgan fingerprint density at radius 3 is 2.50 bits per heavy atom. The topological polar surface area (TPSA) is 106 Å². The van der Waals surface area contributed by atoms with E-state index >= 15 is 0 Å². The summed E-state index contributed by atoms with van der Waals surface area (Å²) in [5.41, 5.74) is 7.37. The molecule has 0 aliphatic heterocycles. The molecular weight excluding hydrogens is 304 g/mol. The third-order valence-electron chi connectivity index (χ3n) is 3.38. The molecule has 0 unspecified atom stereocenters. The lowest BCUT2D eigenvalue weighted by Gasteiger charge is -2.11. The van der Waals surface area contributed by atoms with E-state index in [1.807, 2.05) is 25.1 Å². The van der Waals surface area contributed by atoms with Crippen LogP contribution in [0.4, 0.5) is 23.1 Å². The normalized spacial score (nSPS) is 10.2. The second-order valence-corrected chi connectivity index (χ2v) is 5.12. The van der Waals surface area contributed by atoms with E-state index in [1.165, 1.54) is 6.33 Å². The van der Waals surface area contributed by atoms with Gasteiger partial charge in [-0.3, -0.25) is 4.79 Å². The van der Waals surface area contributed by atoms with Crippen LogP contribution in [0.25, 0.3) is 0 Å². The van der Waals surface area contributed by atoms with E-state index in [4.69, 9.17) is 5.73 Å². The number of primary amides is 1. The molecule has 0 saturated heterocycles. The van der Waals surface area contributed by atoms with Gasteiger partial charge in [-0.05, 0) is 30.7 Å². The second-order valence-electron chi connectivity index (χ2n) is 5.12. The van der Waals surface area contributed by atoms with Crippen molar-refractivity contribution in [3.63, 3.8) is 0 Å². The van der Waals surface area contributed by atoms with Crippen LogP contribution in [0.3, 0.4) is 0 Å². The number of benzene rings is 1. The Bertz CT molecular complexity index is 880. The lowest BCUT2D eigenvalue weighted by molar-refractivity contribution is 0.100. The van der Waals surface area contributed by atoms with Crippen LogP contribution in [-0.4, -0.2) is 20.9 Å². The number of carbonyl (C=O) groups is 1. The molecule has 0 spiro atoms. The molecule has 4 N–H and O–H groups in total. The van der Waals surface area contributed by atoms with Crippen LogP contribution < -0.4 is 16.4 Å². The predicted molar refractivity (Wildman–Crippen MR) is 92.5 cm³/mol. The zero-order chi connectivity index (χ0) is 16.9. The molecule has 120 valence electrons. The van der Waals surface area contributed by atoms with Crippen LogP contribution >= 0.6 is 0 Å². The summed E-state index contributed by atoms with van der Waals surface area (Å²) in [6, 6.07) is 12.5. The van der Waals surface area contributed by atoms with Gasteiger partial charge in [0.1, 0.15) is 23.8 Å². The van der Waals surface area contributed by atoms with E-state index in [0.717, 1.165) is 11.4 Å². The molecular formula is C17H16N6O. The number of para-hydroxylation sites is 1. The Labute approximate surface area is 139 Å². The van der Waals surface area contributed by atoms with Crippen molar-refractivity contribution >= 4 is 29.0 Å². The molecule has 2 aromatic heterocycles. The quantitative estimate of drug-likeness (QED) is 0.667. The number of amides is 1. The zero-order valence-corrected chi connectivity index (χ0v) is 13.0. The van der Waals surface area contributed by atoms with Crippen LogP contribution in [0.5, 0.6) is 0 Å². The fourth-order valence-corrected chi connectivity index (χ4v) is 2.18. The van der Waals surface area contributed by atoms with Crippen molar-refractivity contribution < 1.29 is 4.79 Å². The van der Waals surface area contributed by atoms with Gasteiger partial charge in [-0.1, -0.05) is 18.2 Å². The van der Waals surface area contributed by atoms with Crippen LogP contribution in [0, 0.1) is 6.92 Å².